The third-order valence-corrected chi connectivity index (χ3v) is 3.60. The van der Waals surface area contributed by atoms with Crippen LogP contribution in [0.2, 0.25) is 5.02 Å². The zero-order valence-electron chi connectivity index (χ0n) is 12.1. The summed E-state index contributed by atoms with van der Waals surface area (Å²) < 4.78 is 5.16. The summed E-state index contributed by atoms with van der Waals surface area (Å²) in [5, 5.41) is 3.34. The van der Waals surface area contributed by atoms with Crippen LogP contribution in [-0.2, 0) is 4.74 Å². The summed E-state index contributed by atoms with van der Waals surface area (Å²) in [4.78, 5) is 13.1. The van der Waals surface area contributed by atoms with Gasteiger partial charge in [-0.05, 0) is 38.5 Å². The molecule has 0 aromatic heterocycles. The fraction of sp³-hybridized carbons (Fsp3) is 0.500. The Morgan fingerprint density at radius 3 is 2.60 bits per heavy atom. The largest absolute Gasteiger partial charge is 1.00 e. The van der Waals surface area contributed by atoms with E-state index in [1.54, 1.807) is 18.2 Å². The summed E-state index contributed by atoms with van der Waals surface area (Å²) in [7, 11) is 0. The monoisotopic (exact) mass is 320 g/mol. The van der Waals surface area contributed by atoms with E-state index in [1.807, 2.05) is 6.92 Å². The number of anilines is 1. The Kier molecular flexibility index (Phi) is 9.38. The highest BCUT2D eigenvalue weighted by molar-refractivity contribution is 6.31. The zero-order valence-corrected chi connectivity index (χ0v) is 13.6. The van der Waals surface area contributed by atoms with Gasteiger partial charge in [0, 0.05) is 10.7 Å². The summed E-state index contributed by atoms with van der Waals surface area (Å²) in [5.74, 6) is 0. The van der Waals surface area contributed by atoms with Gasteiger partial charge in [0.05, 0.1) is 13.1 Å². The van der Waals surface area contributed by atoms with Crippen LogP contribution in [0.3, 0.4) is 0 Å². The van der Waals surface area contributed by atoms with Crippen LogP contribution in [0.25, 0.3) is 0 Å². The molecule has 114 valence electrons. The van der Waals surface area contributed by atoms with E-state index in [1.165, 1.54) is 4.90 Å². The number of ether oxygens (including phenoxy) is 1. The highest BCUT2D eigenvalue weighted by Crippen LogP contribution is 2.22. The minimum Gasteiger partial charge on any atom is -1.00 e. The molecule has 1 rings (SSSR count). The molecule has 0 atom stereocenters. The first-order valence-electron chi connectivity index (χ1n) is 6.60. The van der Waals surface area contributed by atoms with E-state index < -0.39 is 6.09 Å². The van der Waals surface area contributed by atoms with Gasteiger partial charge >= 0.3 is 6.09 Å². The summed E-state index contributed by atoms with van der Waals surface area (Å²) in [6.45, 7) is 9.42. The third kappa shape index (κ3) is 5.99. The molecule has 0 unspecified atom stereocenters. The highest BCUT2D eigenvalue weighted by Gasteiger charge is 2.09. The first-order valence-corrected chi connectivity index (χ1v) is 6.98. The van der Waals surface area contributed by atoms with Gasteiger partial charge < -0.3 is 22.0 Å². The number of amides is 1. The van der Waals surface area contributed by atoms with E-state index in [4.69, 9.17) is 16.3 Å². The van der Waals surface area contributed by atoms with Crippen LogP contribution in [-0.4, -0.2) is 32.3 Å². The highest BCUT2D eigenvalue weighted by atomic mass is 35.5. The van der Waals surface area contributed by atoms with Crippen molar-refractivity contribution in [2.24, 2.45) is 0 Å². The molecule has 0 heterocycles. The van der Waals surface area contributed by atoms with Crippen LogP contribution in [0.15, 0.2) is 18.2 Å². The van der Waals surface area contributed by atoms with Crippen molar-refractivity contribution in [2.75, 3.05) is 31.6 Å². The number of hydrogen-bond donors (Lipinski definition) is 2. The van der Waals surface area contributed by atoms with Crippen molar-refractivity contribution in [2.45, 2.75) is 20.8 Å². The Morgan fingerprint density at radius 2 is 2.00 bits per heavy atom. The molecule has 1 aromatic rings. The second-order valence-electron chi connectivity index (χ2n) is 4.38. The quantitative estimate of drug-likeness (QED) is 0.715. The second-order valence-corrected chi connectivity index (χ2v) is 4.79. The van der Waals surface area contributed by atoms with Gasteiger partial charge in [0.2, 0.25) is 0 Å². The molecule has 0 saturated heterocycles. The lowest BCUT2D eigenvalue weighted by Gasteiger charge is -2.15. The number of nitrogens with one attached hydrogen (secondary N) is 2. The van der Waals surface area contributed by atoms with Crippen molar-refractivity contribution >= 4 is 23.4 Å². The summed E-state index contributed by atoms with van der Waals surface area (Å²) in [6, 6.07) is 5.39. The topological polar surface area (TPSA) is 42.8 Å². The molecule has 0 spiro atoms. The number of benzene rings is 1. The molecular weight excluding hydrogens is 299 g/mol. The maximum Gasteiger partial charge on any atom is 0.411 e. The summed E-state index contributed by atoms with van der Waals surface area (Å²) in [5.41, 5.74) is 1.53. The fourth-order valence-electron chi connectivity index (χ4n) is 1.78. The Morgan fingerprint density at radius 1 is 1.35 bits per heavy atom. The number of carbonyl (C=O) groups excluding carboxylic acids is 1. The Balaban J connectivity index is 0.00000361. The maximum atomic E-state index is 11.6. The van der Waals surface area contributed by atoms with Gasteiger partial charge in [0.1, 0.15) is 13.2 Å². The molecule has 0 radical (unpaired) electrons. The number of carbonyl (C=O) groups is 1. The third-order valence-electron chi connectivity index (χ3n) is 3.19. The van der Waals surface area contributed by atoms with Gasteiger partial charge in [0.15, 0.2) is 0 Å². The number of rotatable bonds is 6. The van der Waals surface area contributed by atoms with Gasteiger partial charge in [-0.3, -0.25) is 5.32 Å². The molecular formula is C14H22Cl2N2O2. The molecule has 1 amide bonds. The SMILES string of the molecule is CC[NH+](CC)CCOC(=O)Nc1cccc(Cl)c1C.[Cl-]. The van der Waals surface area contributed by atoms with E-state index in [2.05, 4.69) is 19.2 Å². The predicted molar refractivity (Wildman–Crippen MR) is 78.1 cm³/mol. The van der Waals surface area contributed by atoms with E-state index in [0.717, 1.165) is 25.2 Å². The van der Waals surface area contributed by atoms with E-state index in [-0.39, 0.29) is 12.4 Å². The minimum atomic E-state index is -0.433. The van der Waals surface area contributed by atoms with Crippen LogP contribution in [0.1, 0.15) is 19.4 Å². The van der Waals surface area contributed by atoms with Crippen LogP contribution < -0.4 is 22.6 Å². The average molecular weight is 321 g/mol. The predicted octanol–water partition coefficient (Wildman–Crippen LogP) is -0.874. The van der Waals surface area contributed by atoms with Gasteiger partial charge in [-0.15, -0.1) is 0 Å². The number of halogens is 2. The number of quaternary nitrogens is 1. The Bertz CT molecular complexity index is 424. The molecule has 6 heteroatoms. The van der Waals surface area contributed by atoms with Gasteiger partial charge in [-0.25, -0.2) is 4.79 Å². The lowest BCUT2D eigenvalue weighted by atomic mass is 10.2. The van der Waals surface area contributed by atoms with Gasteiger partial charge in [-0.1, -0.05) is 17.7 Å². The van der Waals surface area contributed by atoms with Crippen molar-refractivity contribution < 1.29 is 26.8 Å². The second kappa shape index (κ2) is 9.86. The molecule has 0 aliphatic carbocycles. The first-order chi connectivity index (χ1) is 9.08. The molecule has 1 aromatic carbocycles. The molecule has 20 heavy (non-hydrogen) atoms. The molecule has 2 N–H and O–H groups in total. The summed E-state index contributed by atoms with van der Waals surface area (Å²) >= 11 is 5.99. The van der Waals surface area contributed by atoms with E-state index in [9.17, 15) is 4.79 Å². The maximum absolute atomic E-state index is 11.6. The number of hydrogen-bond acceptors (Lipinski definition) is 2. The van der Waals surface area contributed by atoms with Crippen molar-refractivity contribution in [3.8, 4) is 0 Å². The van der Waals surface area contributed by atoms with Crippen molar-refractivity contribution in [1.82, 2.24) is 0 Å². The Labute approximate surface area is 131 Å². The zero-order chi connectivity index (χ0) is 14.3. The number of likely N-dealkylation sites (N-methyl/N-ethyl adjacent to an activating group) is 1. The molecule has 4 nitrogen and oxygen atoms in total. The van der Waals surface area contributed by atoms with E-state index >= 15 is 0 Å². The van der Waals surface area contributed by atoms with Crippen molar-refractivity contribution in [1.29, 1.82) is 0 Å². The lowest BCUT2D eigenvalue weighted by molar-refractivity contribution is -0.896. The summed E-state index contributed by atoms with van der Waals surface area (Å²) in [6.07, 6.45) is -0.433. The minimum absolute atomic E-state index is 0. The average Bonchev–Trinajstić information content (AvgIpc) is 2.40. The molecule has 0 fully saturated rings. The van der Waals surface area contributed by atoms with Gasteiger partial charge in [-0.2, -0.15) is 0 Å². The normalized spacial score (nSPS) is 10.1. The van der Waals surface area contributed by atoms with E-state index in [0.29, 0.717) is 17.3 Å². The molecule has 0 bridgehead atoms. The molecule has 0 saturated carbocycles. The first kappa shape index (κ1) is 19.0. The van der Waals surface area contributed by atoms with Crippen LogP contribution in [0.5, 0.6) is 0 Å². The Hall–Kier alpha value is -0.970. The lowest BCUT2D eigenvalue weighted by Crippen LogP contribution is -3.11. The van der Waals surface area contributed by atoms with Crippen molar-refractivity contribution in [3.05, 3.63) is 28.8 Å². The van der Waals surface area contributed by atoms with Crippen LogP contribution >= 0.6 is 11.6 Å². The van der Waals surface area contributed by atoms with Crippen LogP contribution in [0.4, 0.5) is 10.5 Å². The standard InChI is InChI=1S/C14H21ClN2O2.ClH/c1-4-17(5-2)9-10-19-14(18)16-13-8-6-7-12(15)11(13)3;/h6-8H,4-5,9-10H2,1-3H3,(H,16,18);1H. The molecule has 0 aliphatic heterocycles. The fourth-order valence-corrected chi connectivity index (χ4v) is 1.96. The smallest absolute Gasteiger partial charge is 0.411 e. The molecule has 0 aliphatic rings. The van der Waals surface area contributed by atoms with Crippen LogP contribution in [0, 0.1) is 6.92 Å². The van der Waals surface area contributed by atoms with Crippen molar-refractivity contribution in [3.63, 3.8) is 0 Å². The van der Waals surface area contributed by atoms with Gasteiger partial charge in [0.25, 0.3) is 0 Å².